The lowest BCUT2D eigenvalue weighted by Gasteiger charge is -2.16. The van der Waals surface area contributed by atoms with Gasteiger partial charge in [-0.25, -0.2) is 0 Å². The molecule has 0 amide bonds. The van der Waals surface area contributed by atoms with Crippen molar-refractivity contribution in [1.82, 2.24) is 0 Å². The minimum Gasteiger partial charge on any atom is -0.389 e. The Hall–Kier alpha value is -0.510. The van der Waals surface area contributed by atoms with Crippen molar-refractivity contribution in [2.45, 2.75) is 51.2 Å². The number of aliphatic hydroxyl groups is 2. The molecule has 0 fully saturated rings. The predicted octanol–water partition coefficient (Wildman–Crippen LogP) is 3.13. The molecular formula is C15H24O2S. The van der Waals surface area contributed by atoms with Gasteiger partial charge in [-0.15, -0.1) is 0 Å². The molecule has 0 heterocycles. The van der Waals surface area contributed by atoms with Gasteiger partial charge in [-0.3, -0.25) is 0 Å². The lowest BCUT2D eigenvalue weighted by Crippen LogP contribution is -2.19. The van der Waals surface area contributed by atoms with E-state index in [0.29, 0.717) is 0 Å². The minimum absolute atomic E-state index is 0.264. The van der Waals surface area contributed by atoms with Crippen LogP contribution in [0.15, 0.2) is 24.3 Å². The van der Waals surface area contributed by atoms with Crippen molar-refractivity contribution in [2.75, 3.05) is 5.75 Å². The molecule has 0 bridgehead atoms. The third-order valence-electron chi connectivity index (χ3n) is 3.19. The molecule has 0 aliphatic carbocycles. The van der Waals surface area contributed by atoms with Gasteiger partial charge in [-0.1, -0.05) is 50.5 Å². The summed E-state index contributed by atoms with van der Waals surface area (Å²) in [7, 11) is 0. The summed E-state index contributed by atoms with van der Waals surface area (Å²) >= 11 is 3.98. The quantitative estimate of drug-likeness (QED) is 0.501. The second-order valence-corrected chi connectivity index (χ2v) is 5.11. The van der Waals surface area contributed by atoms with Crippen LogP contribution in [0.4, 0.5) is 0 Å². The van der Waals surface area contributed by atoms with E-state index in [4.69, 9.17) is 0 Å². The van der Waals surface area contributed by atoms with Crippen molar-refractivity contribution >= 4 is 12.6 Å². The van der Waals surface area contributed by atoms with Crippen LogP contribution in [0, 0.1) is 0 Å². The second kappa shape index (κ2) is 8.57. The molecule has 1 rings (SSSR count). The Kier molecular flexibility index (Phi) is 7.40. The van der Waals surface area contributed by atoms with E-state index in [1.165, 1.54) is 31.2 Å². The van der Waals surface area contributed by atoms with Crippen molar-refractivity contribution in [3.63, 3.8) is 0 Å². The molecule has 0 saturated heterocycles. The van der Waals surface area contributed by atoms with Crippen LogP contribution in [0.3, 0.4) is 0 Å². The van der Waals surface area contributed by atoms with Crippen LogP contribution < -0.4 is 0 Å². The standard InChI is InChI=1S/C15H24O2S/c1-2-3-4-5-6-12-7-9-13(10-8-12)15(17)14(16)11-18/h7-10,14-18H,2-6,11H2,1H3. The van der Waals surface area contributed by atoms with Gasteiger partial charge in [0.05, 0.1) is 6.10 Å². The van der Waals surface area contributed by atoms with Gasteiger partial charge in [0.15, 0.2) is 0 Å². The van der Waals surface area contributed by atoms with Gasteiger partial charge in [-0.2, -0.15) is 12.6 Å². The molecule has 0 aromatic heterocycles. The zero-order chi connectivity index (χ0) is 13.4. The molecule has 102 valence electrons. The average molecular weight is 268 g/mol. The number of unbranched alkanes of at least 4 members (excludes halogenated alkanes) is 3. The highest BCUT2D eigenvalue weighted by molar-refractivity contribution is 7.80. The molecule has 18 heavy (non-hydrogen) atoms. The van der Waals surface area contributed by atoms with E-state index in [1.807, 2.05) is 24.3 Å². The van der Waals surface area contributed by atoms with E-state index in [9.17, 15) is 10.2 Å². The lowest BCUT2D eigenvalue weighted by molar-refractivity contribution is 0.0337. The zero-order valence-electron chi connectivity index (χ0n) is 11.0. The normalized spacial score (nSPS) is 14.4. The number of hydrogen-bond acceptors (Lipinski definition) is 3. The first-order valence-corrected chi connectivity index (χ1v) is 7.38. The first kappa shape index (κ1) is 15.5. The van der Waals surface area contributed by atoms with Crippen LogP contribution in [-0.2, 0) is 6.42 Å². The molecule has 0 spiro atoms. The fourth-order valence-electron chi connectivity index (χ4n) is 1.96. The van der Waals surface area contributed by atoms with Crippen LogP contribution in [0.1, 0.15) is 49.8 Å². The fraction of sp³-hybridized carbons (Fsp3) is 0.600. The van der Waals surface area contributed by atoms with E-state index in [2.05, 4.69) is 19.6 Å². The van der Waals surface area contributed by atoms with Gasteiger partial charge in [0.1, 0.15) is 6.10 Å². The highest BCUT2D eigenvalue weighted by Crippen LogP contribution is 2.19. The Labute approximate surface area is 115 Å². The van der Waals surface area contributed by atoms with Crippen LogP contribution in [-0.4, -0.2) is 22.1 Å². The number of thiol groups is 1. The number of rotatable bonds is 8. The largest absolute Gasteiger partial charge is 0.389 e. The SMILES string of the molecule is CCCCCCc1ccc(C(O)C(O)CS)cc1. The van der Waals surface area contributed by atoms with E-state index in [-0.39, 0.29) is 5.75 Å². The first-order valence-electron chi connectivity index (χ1n) is 6.74. The van der Waals surface area contributed by atoms with Crippen molar-refractivity contribution in [3.05, 3.63) is 35.4 Å². The Morgan fingerprint density at radius 3 is 2.28 bits per heavy atom. The van der Waals surface area contributed by atoms with Gasteiger partial charge in [-0.05, 0) is 24.0 Å². The molecule has 2 unspecified atom stereocenters. The van der Waals surface area contributed by atoms with Crippen molar-refractivity contribution < 1.29 is 10.2 Å². The number of aryl methyl sites for hydroxylation is 1. The van der Waals surface area contributed by atoms with E-state index >= 15 is 0 Å². The van der Waals surface area contributed by atoms with Gasteiger partial charge >= 0.3 is 0 Å². The second-order valence-electron chi connectivity index (χ2n) is 4.75. The van der Waals surface area contributed by atoms with E-state index in [0.717, 1.165) is 12.0 Å². The van der Waals surface area contributed by atoms with E-state index < -0.39 is 12.2 Å². The Morgan fingerprint density at radius 2 is 1.72 bits per heavy atom. The van der Waals surface area contributed by atoms with Crippen LogP contribution in [0.5, 0.6) is 0 Å². The van der Waals surface area contributed by atoms with Gasteiger partial charge in [0.25, 0.3) is 0 Å². The van der Waals surface area contributed by atoms with Crippen molar-refractivity contribution in [2.24, 2.45) is 0 Å². The first-order chi connectivity index (χ1) is 8.69. The van der Waals surface area contributed by atoms with Crippen LogP contribution in [0.25, 0.3) is 0 Å². The molecule has 1 aromatic carbocycles. The predicted molar refractivity (Wildman–Crippen MR) is 79.1 cm³/mol. The highest BCUT2D eigenvalue weighted by Gasteiger charge is 2.16. The molecule has 3 heteroatoms. The zero-order valence-corrected chi connectivity index (χ0v) is 11.9. The summed E-state index contributed by atoms with van der Waals surface area (Å²) in [6, 6.07) is 7.87. The topological polar surface area (TPSA) is 40.5 Å². The number of hydrogen-bond donors (Lipinski definition) is 3. The Bertz CT molecular complexity index is 324. The molecule has 2 atom stereocenters. The monoisotopic (exact) mass is 268 g/mol. The summed E-state index contributed by atoms with van der Waals surface area (Å²) in [6.07, 6.45) is 4.50. The molecular weight excluding hydrogens is 244 g/mol. The highest BCUT2D eigenvalue weighted by atomic mass is 32.1. The smallest absolute Gasteiger partial charge is 0.106 e. The Morgan fingerprint density at radius 1 is 1.06 bits per heavy atom. The van der Waals surface area contributed by atoms with Gasteiger partial charge in [0, 0.05) is 5.75 Å². The molecule has 0 aliphatic rings. The summed E-state index contributed by atoms with van der Waals surface area (Å²) in [5.74, 6) is 0.264. The summed E-state index contributed by atoms with van der Waals surface area (Å²) in [5.41, 5.74) is 2.05. The summed E-state index contributed by atoms with van der Waals surface area (Å²) in [4.78, 5) is 0. The average Bonchev–Trinajstić information content (AvgIpc) is 2.42. The van der Waals surface area contributed by atoms with E-state index in [1.54, 1.807) is 0 Å². The van der Waals surface area contributed by atoms with Gasteiger partial charge in [0.2, 0.25) is 0 Å². The third-order valence-corrected chi connectivity index (χ3v) is 3.57. The number of aliphatic hydroxyl groups excluding tert-OH is 2. The molecule has 2 N–H and O–H groups in total. The minimum atomic E-state index is -0.836. The summed E-state index contributed by atoms with van der Waals surface area (Å²) < 4.78 is 0. The number of benzene rings is 1. The third kappa shape index (κ3) is 5.01. The maximum atomic E-state index is 9.83. The van der Waals surface area contributed by atoms with Crippen molar-refractivity contribution in [1.29, 1.82) is 0 Å². The Balaban J connectivity index is 2.47. The molecule has 2 nitrogen and oxygen atoms in total. The summed E-state index contributed by atoms with van der Waals surface area (Å²) in [5, 5.41) is 19.4. The van der Waals surface area contributed by atoms with Crippen LogP contribution >= 0.6 is 12.6 Å². The molecule has 0 saturated carbocycles. The molecule has 0 radical (unpaired) electrons. The fourth-order valence-corrected chi connectivity index (χ4v) is 2.16. The molecule has 1 aromatic rings. The molecule has 0 aliphatic heterocycles. The maximum Gasteiger partial charge on any atom is 0.106 e. The van der Waals surface area contributed by atoms with Gasteiger partial charge < -0.3 is 10.2 Å². The lowest BCUT2D eigenvalue weighted by atomic mass is 10.0. The van der Waals surface area contributed by atoms with Crippen molar-refractivity contribution in [3.8, 4) is 0 Å². The summed E-state index contributed by atoms with van der Waals surface area (Å²) in [6.45, 7) is 2.21. The van der Waals surface area contributed by atoms with Crippen LogP contribution in [0.2, 0.25) is 0 Å². The maximum absolute atomic E-state index is 9.83.